The molecular weight excluding hydrogens is 564 g/mol. The summed E-state index contributed by atoms with van der Waals surface area (Å²) in [5, 5.41) is 3.09. The number of primary amides is 1. The molecule has 0 aliphatic carbocycles. The Hall–Kier alpha value is -3.42. The van der Waals surface area contributed by atoms with Crippen LogP contribution in [0.1, 0.15) is 29.9 Å². The van der Waals surface area contributed by atoms with E-state index in [1.165, 1.54) is 17.5 Å². The molecular formula is C31H46N8O3S. The largest absolute Gasteiger partial charge is 0.394 e. The van der Waals surface area contributed by atoms with Crippen molar-refractivity contribution in [3.05, 3.63) is 46.5 Å². The van der Waals surface area contributed by atoms with Gasteiger partial charge in [-0.1, -0.05) is 17.7 Å². The Morgan fingerprint density at radius 2 is 1.72 bits per heavy atom. The zero-order chi connectivity index (χ0) is 31.4. The van der Waals surface area contributed by atoms with E-state index in [1.807, 2.05) is 27.1 Å². The lowest BCUT2D eigenvalue weighted by atomic mass is 10.0. The molecule has 2 fully saturated rings. The van der Waals surface area contributed by atoms with E-state index >= 15 is 0 Å². The second-order valence-corrected chi connectivity index (χ2v) is 11.9. The second-order valence-electron chi connectivity index (χ2n) is 10.8. The van der Waals surface area contributed by atoms with Crippen LogP contribution < -0.4 is 21.7 Å². The number of anilines is 1. The Balaban J connectivity index is 0.000000953. The fourth-order valence-corrected chi connectivity index (χ4v) is 6.27. The van der Waals surface area contributed by atoms with E-state index in [0.717, 1.165) is 85.1 Å². The summed E-state index contributed by atoms with van der Waals surface area (Å²) < 4.78 is 6.79. The maximum absolute atomic E-state index is 11.5. The van der Waals surface area contributed by atoms with Crippen LogP contribution in [0.25, 0.3) is 27.7 Å². The molecule has 3 aromatic rings. The lowest BCUT2D eigenvalue weighted by molar-refractivity contribution is -0.118. The predicted octanol–water partition coefficient (Wildman–Crippen LogP) is 2.46. The van der Waals surface area contributed by atoms with Crippen molar-refractivity contribution in [2.24, 2.45) is 11.5 Å². The van der Waals surface area contributed by atoms with Gasteiger partial charge in [-0.3, -0.25) is 14.6 Å². The van der Waals surface area contributed by atoms with Gasteiger partial charge in [0.2, 0.25) is 6.41 Å². The van der Waals surface area contributed by atoms with Crippen LogP contribution in [-0.4, -0.2) is 105 Å². The number of carbonyl (C=O) groups excluding carboxylic acids is 2. The average molecular weight is 611 g/mol. The number of nitrogens with two attached hydrogens (primary N) is 2. The van der Waals surface area contributed by atoms with E-state index in [4.69, 9.17) is 19.5 Å². The number of morpholine rings is 1. The molecule has 12 heteroatoms. The van der Waals surface area contributed by atoms with Gasteiger partial charge in [0.1, 0.15) is 6.29 Å². The molecule has 5 rings (SSSR count). The van der Waals surface area contributed by atoms with Crippen LogP contribution in [0.15, 0.2) is 30.5 Å². The zero-order valence-electron chi connectivity index (χ0n) is 26.0. The van der Waals surface area contributed by atoms with Gasteiger partial charge in [-0.15, -0.1) is 11.3 Å². The minimum absolute atomic E-state index is 0.250. The third-order valence-electron chi connectivity index (χ3n) is 7.45. The molecule has 2 aliphatic heterocycles. The molecule has 0 unspecified atom stereocenters. The Labute approximate surface area is 258 Å². The highest BCUT2D eigenvalue weighted by molar-refractivity contribution is 7.19. The maximum atomic E-state index is 11.5. The van der Waals surface area contributed by atoms with Crippen molar-refractivity contribution in [2.45, 2.75) is 32.9 Å². The van der Waals surface area contributed by atoms with Crippen LogP contribution in [0.2, 0.25) is 0 Å². The lowest BCUT2D eigenvalue weighted by Crippen LogP contribution is -2.55. The van der Waals surface area contributed by atoms with Crippen LogP contribution in [-0.2, 0) is 20.9 Å². The van der Waals surface area contributed by atoms with Gasteiger partial charge < -0.3 is 31.2 Å². The first kappa shape index (κ1) is 34.1. The number of ether oxygens (including phenoxy) is 1. The standard InChI is InChI=1S/C29H38N6O2S.CH3NO.CH5N/c1-21-5-6-22(7-8-30-4)24(17-21)27-31-25-18-23(19-33-9-11-35(12-10-33)29(2,3)20-36)38-26(25)28(32-27)34-13-15-37-16-14-34;2-1-3;1-2/h5-8,17-18,20,30H,9-16,19H2,1-4H3;1H,(H2,2,3);2H2,1H3/b8-7-;;. The van der Waals surface area contributed by atoms with Gasteiger partial charge in [0, 0.05) is 63.3 Å². The van der Waals surface area contributed by atoms with E-state index in [-0.39, 0.29) is 6.41 Å². The summed E-state index contributed by atoms with van der Waals surface area (Å²) in [4.78, 5) is 38.7. The van der Waals surface area contributed by atoms with E-state index in [0.29, 0.717) is 13.2 Å². The van der Waals surface area contributed by atoms with Gasteiger partial charge in [-0.2, -0.15) is 0 Å². The number of hydrogen-bond donors (Lipinski definition) is 3. The highest BCUT2D eigenvalue weighted by atomic mass is 32.1. The quantitative estimate of drug-likeness (QED) is 0.326. The van der Waals surface area contributed by atoms with E-state index in [9.17, 15) is 4.79 Å². The minimum atomic E-state index is -0.403. The Bertz CT molecular complexity index is 1360. The summed E-state index contributed by atoms with van der Waals surface area (Å²) in [6.07, 6.45) is 5.32. The third-order valence-corrected chi connectivity index (χ3v) is 8.55. The van der Waals surface area contributed by atoms with Crippen molar-refractivity contribution in [3.63, 3.8) is 0 Å². The molecule has 0 spiro atoms. The molecule has 0 saturated carbocycles. The lowest BCUT2D eigenvalue weighted by Gasteiger charge is -2.41. The van der Waals surface area contributed by atoms with Crippen LogP contribution in [0.3, 0.4) is 0 Å². The summed E-state index contributed by atoms with van der Waals surface area (Å²) in [5.74, 6) is 1.76. The number of piperazine rings is 1. The first-order valence-electron chi connectivity index (χ1n) is 14.5. The highest BCUT2D eigenvalue weighted by Crippen LogP contribution is 2.36. The Morgan fingerprint density at radius 3 is 2.35 bits per heavy atom. The van der Waals surface area contributed by atoms with Crippen LogP contribution >= 0.6 is 11.3 Å². The maximum Gasteiger partial charge on any atom is 0.204 e. The van der Waals surface area contributed by atoms with Crippen LogP contribution in [0.4, 0.5) is 5.82 Å². The average Bonchev–Trinajstić information content (AvgIpc) is 3.44. The molecule has 0 atom stereocenters. The van der Waals surface area contributed by atoms with Gasteiger partial charge in [0.15, 0.2) is 11.6 Å². The number of aryl methyl sites for hydroxylation is 1. The number of fused-ring (bicyclic) bond motifs is 1. The molecule has 0 radical (unpaired) electrons. The van der Waals surface area contributed by atoms with Crippen molar-refractivity contribution >= 4 is 46.1 Å². The molecule has 4 heterocycles. The van der Waals surface area contributed by atoms with Crippen LogP contribution in [0.5, 0.6) is 0 Å². The van der Waals surface area contributed by atoms with E-state index in [1.54, 1.807) is 11.3 Å². The van der Waals surface area contributed by atoms with Gasteiger partial charge in [-0.25, -0.2) is 9.97 Å². The topological polar surface area (TPSA) is 143 Å². The summed E-state index contributed by atoms with van der Waals surface area (Å²) >= 11 is 1.80. The SMILES string of the molecule is CN.CN/C=C\c1ccc(C)cc1-c1nc(N2CCOCC2)c2sc(CN3CCN(C(C)(C)C=O)CC3)cc2n1.NC=O. The molecule has 1 aromatic carbocycles. The smallest absolute Gasteiger partial charge is 0.204 e. The van der Waals surface area contributed by atoms with Crippen molar-refractivity contribution in [2.75, 3.05) is 71.5 Å². The summed E-state index contributed by atoms with van der Waals surface area (Å²) in [6.45, 7) is 13.8. The van der Waals surface area contributed by atoms with Gasteiger partial charge in [-0.05, 0) is 57.8 Å². The summed E-state index contributed by atoms with van der Waals surface area (Å²) in [7, 11) is 3.40. The number of carbonyl (C=O) groups is 2. The Kier molecular flexibility index (Phi) is 13.0. The minimum Gasteiger partial charge on any atom is -0.394 e. The number of aromatic nitrogens is 2. The zero-order valence-corrected chi connectivity index (χ0v) is 26.8. The number of amides is 1. The van der Waals surface area contributed by atoms with Gasteiger partial charge >= 0.3 is 0 Å². The molecule has 0 bridgehead atoms. The number of nitrogens with one attached hydrogen (secondary N) is 1. The van der Waals surface area contributed by atoms with Crippen molar-refractivity contribution in [3.8, 4) is 11.4 Å². The normalized spacial score (nSPS) is 16.3. The third kappa shape index (κ3) is 8.80. The van der Waals surface area contributed by atoms with E-state index in [2.05, 4.69) is 68.7 Å². The first-order valence-corrected chi connectivity index (χ1v) is 15.4. The summed E-state index contributed by atoms with van der Waals surface area (Å²) in [6, 6.07) is 8.67. The number of rotatable bonds is 8. The van der Waals surface area contributed by atoms with Crippen molar-refractivity contribution in [1.29, 1.82) is 0 Å². The van der Waals surface area contributed by atoms with Gasteiger partial charge in [0.25, 0.3) is 0 Å². The van der Waals surface area contributed by atoms with Crippen LogP contribution in [0, 0.1) is 6.92 Å². The molecule has 2 aromatic heterocycles. The molecule has 2 aliphatic rings. The number of nitrogens with zero attached hydrogens (tertiary/aromatic N) is 5. The van der Waals surface area contributed by atoms with E-state index < -0.39 is 5.54 Å². The summed E-state index contributed by atoms with van der Waals surface area (Å²) in [5.41, 5.74) is 12.6. The highest BCUT2D eigenvalue weighted by Gasteiger charge is 2.30. The number of hydrogen-bond acceptors (Lipinski definition) is 11. The first-order chi connectivity index (χ1) is 20.8. The fraction of sp³-hybridized carbons (Fsp3) is 0.484. The van der Waals surface area contributed by atoms with Gasteiger partial charge in [0.05, 0.1) is 29.0 Å². The molecule has 5 N–H and O–H groups in total. The molecule has 11 nitrogen and oxygen atoms in total. The number of thiophene rings is 1. The second kappa shape index (κ2) is 16.4. The molecule has 1 amide bonds. The monoisotopic (exact) mass is 610 g/mol. The Morgan fingerprint density at radius 1 is 1.05 bits per heavy atom. The fourth-order valence-electron chi connectivity index (χ4n) is 5.11. The molecule has 43 heavy (non-hydrogen) atoms. The van der Waals surface area contributed by atoms with Crippen molar-refractivity contribution < 1.29 is 14.3 Å². The van der Waals surface area contributed by atoms with Crippen molar-refractivity contribution in [1.82, 2.24) is 25.1 Å². The molecule has 2 saturated heterocycles. The number of aldehydes is 1. The predicted molar refractivity (Wildman–Crippen MR) is 176 cm³/mol. The number of benzene rings is 1. The molecule has 234 valence electrons.